The van der Waals surface area contributed by atoms with Gasteiger partial charge in [-0.2, -0.15) is 5.10 Å². The molecule has 2 rings (SSSR count). The Morgan fingerprint density at radius 2 is 1.69 bits per heavy atom. The molecule has 0 aliphatic heterocycles. The first-order valence-corrected chi connectivity index (χ1v) is 5.39. The highest BCUT2D eigenvalue weighted by atomic mass is 15.3. The van der Waals surface area contributed by atoms with E-state index in [1.54, 1.807) is 0 Å². The van der Waals surface area contributed by atoms with Gasteiger partial charge >= 0.3 is 0 Å². The van der Waals surface area contributed by atoms with Gasteiger partial charge in [0, 0.05) is 17.3 Å². The van der Waals surface area contributed by atoms with E-state index in [0.717, 1.165) is 17.1 Å². The van der Waals surface area contributed by atoms with Gasteiger partial charge in [-0.3, -0.25) is 0 Å². The third-order valence-electron chi connectivity index (χ3n) is 2.52. The number of anilines is 1. The molecule has 84 valence electrons. The molecule has 0 fully saturated rings. The minimum Gasteiger partial charge on any atom is -0.399 e. The van der Waals surface area contributed by atoms with Crippen LogP contribution in [0.5, 0.6) is 0 Å². The average molecular weight is 215 g/mol. The SMILES string of the molecule is CC(C)(C)c1ccn(-c2ccc(N)cc2)n1. The zero-order chi connectivity index (χ0) is 11.8. The summed E-state index contributed by atoms with van der Waals surface area (Å²) in [7, 11) is 0. The molecule has 2 N–H and O–H groups in total. The first kappa shape index (κ1) is 10.7. The predicted molar refractivity (Wildman–Crippen MR) is 66.7 cm³/mol. The summed E-state index contributed by atoms with van der Waals surface area (Å²) in [5.41, 5.74) is 8.62. The van der Waals surface area contributed by atoms with E-state index in [0.29, 0.717) is 0 Å². The van der Waals surface area contributed by atoms with Gasteiger partial charge in [-0.15, -0.1) is 0 Å². The summed E-state index contributed by atoms with van der Waals surface area (Å²) in [5.74, 6) is 0. The Balaban J connectivity index is 2.35. The fourth-order valence-electron chi connectivity index (χ4n) is 1.49. The van der Waals surface area contributed by atoms with Crippen LogP contribution in [0.2, 0.25) is 0 Å². The molecule has 0 aliphatic carbocycles. The summed E-state index contributed by atoms with van der Waals surface area (Å²) in [6.45, 7) is 6.47. The highest BCUT2D eigenvalue weighted by Gasteiger charge is 2.16. The number of nitrogens with zero attached hydrogens (tertiary/aromatic N) is 2. The number of nitrogen functional groups attached to an aromatic ring is 1. The Bertz CT molecular complexity index is 475. The van der Waals surface area contributed by atoms with Gasteiger partial charge in [0.25, 0.3) is 0 Å². The van der Waals surface area contributed by atoms with Crippen molar-refractivity contribution in [3.05, 3.63) is 42.2 Å². The summed E-state index contributed by atoms with van der Waals surface area (Å²) in [4.78, 5) is 0. The van der Waals surface area contributed by atoms with Crippen LogP contribution in [0.1, 0.15) is 26.5 Å². The van der Waals surface area contributed by atoms with E-state index in [4.69, 9.17) is 5.73 Å². The van der Waals surface area contributed by atoms with Crippen molar-refractivity contribution < 1.29 is 0 Å². The first-order chi connectivity index (χ1) is 7.47. The molecule has 0 unspecified atom stereocenters. The van der Waals surface area contributed by atoms with Gasteiger partial charge in [-0.1, -0.05) is 20.8 Å². The van der Waals surface area contributed by atoms with Crippen LogP contribution in [0.3, 0.4) is 0 Å². The second-order valence-electron chi connectivity index (χ2n) is 4.99. The maximum absolute atomic E-state index is 5.65. The van der Waals surface area contributed by atoms with Crippen molar-refractivity contribution in [2.24, 2.45) is 0 Å². The van der Waals surface area contributed by atoms with Crippen LogP contribution in [-0.2, 0) is 5.41 Å². The molecule has 3 nitrogen and oxygen atoms in total. The summed E-state index contributed by atoms with van der Waals surface area (Å²) in [6.07, 6.45) is 1.98. The van der Waals surface area contributed by atoms with Gasteiger partial charge in [-0.25, -0.2) is 4.68 Å². The molecule has 0 bridgehead atoms. The molecule has 0 spiro atoms. The van der Waals surface area contributed by atoms with Crippen molar-refractivity contribution in [3.8, 4) is 5.69 Å². The number of benzene rings is 1. The molecule has 0 amide bonds. The Hall–Kier alpha value is -1.77. The second kappa shape index (κ2) is 3.67. The minimum absolute atomic E-state index is 0.0824. The molecular formula is C13H17N3. The van der Waals surface area contributed by atoms with E-state index in [-0.39, 0.29) is 5.41 Å². The monoisotopic (exact) mass is 215 g/mol. The normalized spacial score (nSPS) is 11.7. The second-order valence-corrected chi connectivity index (χ2v) is 4.99. The van der Waals surface area contributed by atoms with Crippen LogP contribution in [0.15, 0.2) is 36.5 Å². The summed E-state index contributed by atoms with van der Waals surface area (Å²) in [6, 6.07) is 9.75. The van der Waals surface area contributed by atoms with Gasteiger partial charge in [0.2, 0.25) is 0 Å². The maximum atomic E-state index is 5.65. The average Bonchev–Trinajstić information content (AvgIpc) is 2.67. The van der Waals surface area contributed by atoms with Crippen molar-refractivity contribution >= 4 is 5.69 Å². The van der Waals surface area contributed by atoms with Crippen LogP contribution in [0.4, 0.5) is 5.69 Å². The molecule has 0 atom stereocenters. The van der Waals surface area contributed by atoms with Crippen molar-refractivity contribution in [2.75, 3.05) is 5.73 Å². The lowest BCUT2D eigenvalue weighted by Crippen LogP contribution is -2.12. The Labute approximate surface area is 95.9 Å². The van der Waals surface area contributed by atoms with Gasteiger partial charge in [0.15, 0.2) is 0 Å². The van der Waals surface area contributed by atoms with Crippen LogP contribution in [0, 0.1) is 0 Å². The summed E-state index contributed by atoms with van der Waals surface area (Å²) in [5, 5.41) is 4.56. The fraction of sp³-hybridized carbons (Fsp3) is 0.308. The standard InChI is InChI=1S/C13H17N3/c1-13(2,3)12-8-9-16(15-12)11-6-4-10(14)5-7-11/h4-9H,14H2,1-3H3. The molecule has 3 heteroatoms. The van der Waals surface area contributed by atoms with Crippen LogP contribution < -0.4 is 5.73 Å². The molecule has 1 aromatic heterocycles. The van der Waals surface area contributed by atoms with E-state index in [1.165, 1.54) is 0 Å². The zero-order valence-corrected chi connectivity index (χ0v) is 9.94. The quantitative estimate of drug-likeness (QED) is 0.743. The van der Waals surface area contributed by atoms with Crippen LogP contribution in [-0.4, -0.2) is 9.78 Å². The molecule has 0 aliphatic rings. The molecule has 1 heterocycles. The van der Waals surface area contributed by atoms with Gasteiger partial charge in [0.05, 0.1) is 11.4 Å². The fourth-order valence-corrected chi connectivity index (χ4v) is 1.49. The minimum atomic E-state index is 0.0824. The molecule has 16 heavy (non-hydrogen) atoms. The molecule has 0 radical (unpaired) electrons. The summed E-state index contributed by atoms with van der Waals surface area (Å²) < 4.78 is 1.88. The molecule has 2 aromatic rings. The lowest BCUT2D eigenvalue weighted by Gasteiger charge is -2.14. The van der Waals surface area contributed by atoms with Crippen LogP contribution >= 0.6 is 0 Å². The lowest BCUT2D eigenvalue weighted by molar-refractivity contribution is 0.560. The van der Waals surface area contributed by atoms with Gasteiger partial charge in [-0.05, 0) is 30.3 Å². The topological polar surface area (TPSA) is 43.8 Å². The Morgan fingerprint density at radius 1 is 1.06 bits per heavy atom. The zero-order valence-electron chi connectivity index (χ0n) is 9.94. The van der Waals surface area contributed by atoms with E-state index < -0.39 is 0 Å². The van der Waals surface area contributed by atoms with Crippen molar-refractivity contribution in [1.82, 2.24) is 9.78 Å². The molecular weight excluding hydrogens is 198 g/mol. The Kier molecular flexibility index (Phi) is 2.46. The van der Waals surface area contributed by atoms with E-state index in [1.807, 2.05) is 35.1 Å². The lowest BCUT2D eigenvalue weighted by atomic mass is 9.93. The maximum Gasteiger partial charge on any atom is 0.0682 e. The third kappa shape index (κ3) is 2.08. The number of nitrogens with two attached hydrogens (primary N) is 1. The predicted octanol–water partition coefficient (Wildman–Crippen LogP) is 2.75. The van der Waals surface area contributed by atoms with Crippen LogP contribution in [0.25, 0.3) is 5.69 Å². The van der Waals surface area contributed by atoms with Gasteiger partial charge in [0.1, 0.15) is 0 Å². The molecule has 0 saturated carbocycles. The number of hydrogen-bond donors (Lipinski definition) is 1. The molecule has 1 aromatic carbocycles. The largest absolute Gasteiger partial charge is 0.399 e. The van der Waals surface area contributed by atoms with Crippen molar-refractivity contribution in [1.29, 1.82) is 0 Å². The highest BCUT2D eigenvalue weighted by Crippen LogP contribution is 2.21. The molecule has 0 saturated heterocycles. The van der Waals surface area contributed by atoms with E-state index >= 15 is 0 Å². The smallest absolute Gasteiger partial charge is 0.0682 e. The number of hydrogen-bond acceptors (Lipinski definition) is 2. The van der Waals surface area contributed by atoms with Crippen molar-refractivity contribution in [3.63, 3.8) is 0 Å². The number of rotatable bonds is 1. The van der Waals surface area contributed by atoms with Crippen molar-refractivity contribution in [2.45, 2.75) is 26.2 Å². The highest BCUT2D eigenvalue weighted by molar-refractivity contribution is 5.44. The summed E-state index contributed by atoms with van der Waals surface area (Å²) >= 11 is 0. The van der Waals surface area contributed by atoms with E-state index in [2.05, 4.69) is 31.9 Å². The van der Waals surface area contributed by atoms with Gasteiger partial charge < -0.3 is 5.73 Å². The first-order valence-electron chi connectivity index (χ1n) is 5.39. The Morgan fingerprint density at radius 3 is 2.19 bits per heavy atom. The third-order valence-corrected chi connectivity index (χ3v) is 2.52. The number of aromatic nitrogens is 2. The van der Waals surface area contributed by atoms with E-state index in [9.17, 15) is 0 Å².